The fourth-order valence-corrected chi connectivity index (χ4v) is 2.42. The Morgan fingerprint density at radius 1 is 1.25 bits per heavy atom. The summed E-state index contributed by atoms with van der Waals surface area (Å²) in [6.45, 7) is 2.11. The number of amides is 1. The van der Waals surface area contributed by atoms with E-state index in [-0.39, 0.29) is 17.9 Å². The molecule has 2 aromatic rings. The molecule has 24 heavy (non-hydrogen) atoms. The van der Waals surface area contributed by atoms with Crippen LogP contribution in [0.3, 0.4) is 0 Å². The zero-order valence-electron chi connectivity index (χ0n) is 13.6. The smallest absolute Gasteiger partial charge is 0.303 e. The number of aromatic nitrogens is 2. The maximum atomic E-state index is 12.4. The van der Waals surface area contributed by atoms with Crippen molar-refractivity contribution in [3.8, 4) is 0 Å². The van der Waals surface area contributed by atoms with Crippen LogP contribution >= 0.6 is 0 Å². The molecule has 1 atom stereocenters. The Hall–Kier alpha value is -2.70. The lowest BCUT2D eigenvalue weighted by Crippen LogP contribution is -2.36. The summed E-state index contributed by atoms with van der Waals surface area (Å²) in [4.78, 5) is 39.2. The van der Waals surface area contributed by atoms with Crippen molar-refractivity contribution in [2.45, 2.75) is 38.6 Å². The predicted molar refractivity (Wildman–Crippen MR) is 89.8 cm³/mol. The van der Waals surface area contributed by atoms with Gasteiger partial charge in [0, 0.05) is 13.0 Å². The van der Waals surface area contributed by atoms with Crippen molar-refractivity contribution in [3.05, 3.63) is 40.9 Å². The van der Waals surface area contributed by atoms with Gasteiger partial charge >= 0.3 is 5.97 Å². The van der Waals surface area contributed by atoms with E-state index in [0.717, 1.165) is 6.42 Å². The zero-order valence-corrected chi connectivity index (χ0v) is 13.6. The van der Waals surface area contributed by atoms with Crippen LogP contribution in [0, 0.1) is 0 Å². The number of unbranched alkanes of at least 4 members (excludes halogenated alkanes) is 2. The van der Waals surface area contributed by atoms with Gasteiger partial charge in [-0.15, -0.1) is 0 Å². The first-order chi connectivity index (χ1) is 11.5. The van der Waals surface area contributed by atoms with Crippen LogP contribution in [0.25, 0.3) is 10.9 Å². The van der Waals surface area contributed by atoms with Gasteiger partial charge in [-0.05, 0) is 31.9 Å². The number of hydrogen-bond donors (Lipinski definition) is 2. The minimum atomic E-state index is -0.809. The summed E-state index contributed by atoms with van der Waals surface area (Å²) in [5, 5.41) is 11.8. The Labute approximate surface area is 139 Å². The van der Waals surface area contributed by atoms with Crippen LogP contribution < -0.4 is 10.9 Å². The number of hydrogen-bond acceptors (Lipinski definition) is 4. The Morgan fingerprint density at radius 3 is 2.75 bits per heavy atom. The molecular formula is C17H21N3O4. The molecule has 7 nitrogen and oxygen atoms in total. The molecule has 0 aliphatic rings. The van der Waals surface area contributed by atoms with Crippen LogP contribution in [0.1, 0.15) is 38.6 Å². The van der Waals surface area contributed by atoms with Gasteiger partial charge in [0.25, 0.3) is 5.56 Å². The number of carboxylic acid groups (broad SMARTS) is 1. The lowest BCUT2D eigenvalue weighted by Gasteiger charge is -2.15. The van der Waals surface area contributed by atoms with E-state index < -0.39 is 12.0 Å². The molecule has 0 radical (unpaired) electrons. The van der Waals surface area contributed by atoms with Crippen LogP contribution in [0.15, 0.2) is 35.4 Å². The second-order valence-corrected chi connectivity index (χ2v) is 5.65. The quantitative estimate of drug-likeness (QED) is 0.717. The van der Waals surface area contributed by atoms with Crippen LogP contribution in [0.2, 0.25) is 0 Å². The van der Waals surface area contributed by atoms with Gasteiger partial charge in [0.05, 0.1) is 17.2 Å². The molecule has 0 saturated carbocycles. The summed E-state index contributed by atoms with van der Waals surface area (Å²) >= 11 is 0. The zero-order chi connectivity index (χ0) is 17.5. The van der Waals surface area contributed by atoms with E-state index in [4.69, 9.17) is 5.11 Å². The van der Waals surface area contributed by atoms with Crippen LogP contribution in [0.4, 0.5) is 0 Å². The lowest BCUT2D eigenvalue weighted by atomic mass is 10.2. The van der Waals surface area contributed by atoms with Crippen molar-refractivity contribution in [2.24, 2.45) is 0 Å². The monoisotopic (exact) mass is 331 g/mol. The summed E-state index contributed by atoms with van der Waals surface area (Å²) in [7, 11) is 0. The van der Waals surface area contributed by atoms with Crippen molar-refractivity contribution in [1.29, 1.82) is 0 Å². The highest BCUT2D eigenvalue weighted by Gasteiger charge is 2.17. The molecule has 1 amide bonds. The third kappa shape index (κ3) is 4.41. The average molecular weight is 331 g/mol. The Morgan fingerprint density at radius 2 is 2.00 bits per heavy atom. The number of rotatable bonds is 8. The molecule has 2 N–H and O–H groups in total. The molecule has 0 saturated heterocycles. The fraction of sp³-hybridized carbons (Fsp3) is 0.412. The van der Waals surface area contributed by atoms with Crippen molar-refractivity contribution >= 4 is 22.8 Å². The molecular weight excluding hydrogens is 310 g/mol. The molecule has 0 spiro atoms. The summed E-state index contributed by atoms with van der Waals surface area (Å²) < 4.78 is 1.32. The Balaban J connectivity index is 1.92. The van der Waals surface area contributed by atoms with Crippen molar-refractivity contribution < 1.29 is 14.7 Å². The number of fused-ring (bicyclic) bond motifs is 1. The molecule has 1 heterocycles. The third-order valence-corrected chi connectivity index (χ3v) is 3.85. The highest BCUT2D eigenvalue weighted by molar-refractivity contribution is 5.81. The first-order valence-electron chi connectivity index (χ1n) is 7.96. The van der Waals surface area contributed by atoms with Crippen LogP contribution in [0.5, 0.6) is 0 Å². The van der Waals surface area contributed by atoms with E-state index in [1.807, 2.05) is 0 Å². The van der Waals surface area contributed by atoms with Crippen molar-refractivity contribution in [2.75, 3.05) is 6.54 Å². The molecule has 2 rings (SSSR count). The number of para-hydroxylation sites is 1. The van der Waals surface area contributed by atoms with Gasteiger partial charge in [-0.25, -0.2) is 4.98 Å². The van der Waals surface area contributed by atoms with Gasteiger partial charge < -0.3 is 10.4 Å². The number of benzene rings is 1. The summed E-state index contributed by atoms with van der Waals surface area (Å²) in [6.07, 6.45) is 3.56. The second-order valence-electron chi connectivity index (χ2n) is 5.65. The topological polar surface area (TPSA) is 101 Å². The van der Waals surface area contributed by atoms with Crippen LogP contribution in [-0.2, 0) is 9.59 Å². The molecule has 128 valence electrons. The predicted octanol–water partition coefficient (Wildman–Crippen LogP) is 1.72. The number of aliphatic carboxylic acids is 1. The molecule has 0 aliphatic heterocycles. The van der Waals surface area contributed by atoms with Crippen LogP contribution in [-0.4, -0.2) is 33.1 Å². The van der Waals surface area contributed by atoms with E-state index in [9.17, 15) is 14.4 Å². The normalized spacial score (nSPS) is 12.0. The number of nitrogens with one attached hydrogen (secondary N) is 1. The molecule has 1 aromatic carbocycles. The highest BCUT2D eigenvalue weighted by atomic mass is 16.4. The number of carboxylic acids is 1. The number of nitrogens with zero attached hydrogens (tertiary/aromatic N) is 2. The van der Waals surface area contributed by atoms with Crippen molar-refractivity contribution in [3.63, 3.8) is 0 Å². The second kappa shape index (κ2) is 8.24. The molecule has 0 bridgehead atoms. The van der Waals surface area contributed by atoms with E-state index in [0.29, 0.717) is 30.3 Å². The Bertz CT molecular complexity index is 785. The maximum Gasteiger partial charge on any atom is 0.303 e. The minimum absolute atomic E-state index is 0.141. The van der Waals surface area contributed by atoms with E-state index in [1.54, 1.807) is 31.2 Å². The van der Waals surface area contributed by atoms with Gasteiger partial charge in [0.1, 0.15) is 6.04 Å². The summed E-state index contributed by atoms with van der Waals surface area (Å²) in [6, 6.07) is 6.35. The van der Waals surface area contributed by atoms with Gasteiger partial charge in [-0.1, -0.05) is 18.6 Å². The first-order valence-corrected chi connectivity index (χ1v) is 7.96. The Kier molecular flexibility index (Phi) is 6.06. The molecule has 7 heteroatoms. The molecule has 1 aromatic heterocycles. The molecule has 0 fully saturated rings. The summed E-state index contributed by atoms with van der Waals surface area (Å²) in [5.74, 6) is -1.07. The summed E-state index contributed by atoms with van der Waals surface area (Å²) in [5.41, 5.74) is 0.356. The SMILES string of the molecule is CC(C(=O)NCCCCCC(=O)O)n1cnc2ccccc2c1=O. The third-order valence-electron chi connectivity index (χ3n) is 3.85. The lowest BCUT2D eigenvalue weighted by molar-refractivity contribution is -0.137. The van der Waals surface area contributed by atoms with Gasteiger partial charge in [0.15, 0.2) is 0 Å². The molecule has 1 unspecified atom stereocenters. The number of carbonyl (C=O) groups is 2. The number of carbonyl (C=O) groups excluding carboxylic acids is 1. The average Bonchev–Trinajstić information content (AvgIpc) is 2.57. The van der Waals surface area contributed by atoms with E-state index >= 15 is 0 Å². The highest BCUT2D eigenvalue weighted by Crippen LogP contribution is 2.08. The van der Waals surface area contributed by atoms with E-state index in [1.165, 1.54) is 10.9 Å². The van der Waals surface area contributed by atoms with Gasteiger partial charge in [-0.3, -0.25) is 19.0 Å². The van der Waals surface area contributed by atoms with Gasteiger partial charge in [-0.2, -0.15) is 0 Å². The van der Waals surface area contributed by atoms with Gasteiger partial charge in [0.2, 0.25) is 5.91 Å². The fourth-order valence-electron chi connectivity index (χ4n) is 2.42. The largest absolute Gasteiger partial charge is 0.481 e. The first kappa shape index (κ1) is 17.7. The standard InChI is InChI=1S/C17H21N3O4/c1-12(16(23)18-10-6-2-3-9-15(21)22)20-11-19-14-8-5-4-7-13(14)17(20)24/h4-5,7-8,11-12H,2-3,6,9-10H2,1H3,(H,18,23)(H,21,22). The maximum absolute atomic E-state index is 12.4. The van der Waals surface area contributed by atoms with E-state index in [2.05, 4.69) is 10.3 Å². The van der Waals surface area contributed by atoms with Crippen molar-refractivity contribution in [1.82, 2.24) is 14.9 Å². The minimum Gasteiger partial charge on any atom is -0.481 e. The molecule has 0 aliphatic carbocycles.